The van der Waals surface area contributed by atoms with Gasteiger partial charge in [-0.25, -0.2) is 4.98 Å². The molecule has 0 saturated heterocycles. The number of halogens is 1. The van der Waals surface area contributed by atoms with Gasteiger partial charge in [0.15, 0.2) is 11.7 Å². The largest absolute Gasteiger partial charge is 0.482 e. The minimum Gasteiger partial charge on any atom is -0.482 e. The number of rotatable bonds is 5. The summed E-state index contributed by atoms with van der Waals surface area (Å²) in [5.41, 5.74) is 2.69. The monoisotopic (exact) mass is 425 g/mol. The zero-order chi connectivity index (χ0) is 20.4. The van der Waals surface area contributed by atoms with Crippen molar-refractivity contribution < 1.29 is 14.3 Å². The highest BCUT2D eigenvalue weighted by Crippen LogP contribution is 2.36. The Morgan fingerprint density at radius 2 is 2.10 bits per heavy atom. The van der Waals surface area contributed by atoms with Crippen molar-refractivity contribution in [1.82, 2.24) is 4.98 Å². The number of fused-ring (bicyclic) bond motifs is 1. The molecule has 2 heterocycles. The summed E-state index contributed by atoms with van der Waals surface area (Å²) in [5.74, 6) is 0.259. The van der Waals surface area contributed by atoms with E-state index in [1.807, 2.05) is 23.6 Å². The molecule has 0 bridgehead atoms. The highest BCUT2D eigenvalue weighted by molar-refractivity contribution is 7.14. The van der Waals surface area contributed by atoms with Crippen LogP contribution in [0.3, 0.4) is 0 Å². The minimum atomic E-state index is -0.260. The zero-order valence-electron chi connectivity index (χ0n) is 15.2. The number of hydrogen-bond acceptors (Lipinski definition) is 5. The number of ether oxygens (including phenoxy) is 1. The molecule has 2 aromatic carbocycles. The van der Waals surface area contributed by atoms with Crippen LogP contribution in [0.4, 0.5) is 10.8 Å². The minimum absolute atomic E-state index is 0.0117. The Bertz CT molecular complexity index is 1090. The number of anilines is 2. The first kappa shape index (κ1) is 19.2. The first-order valence-corrected chi connectivity index (χ1v) is 10.0. The van der Waals surface area contributed by atoms with Gasteiger partial charge in [0.05, 0.1) is 11.4 Å². The summed E-state index contributed by atoms with van der Waals surface area (Å²) in [5, 5.41) is 5.69. The average molecular weight is 426 g/mol. The van der Waals surface area contributed by atoms with Crippen molar-refractivity contribution >= 4 is 45.6 Å². The lowest BCUT2D eigenvalue weighted by atomic mass is 10.1. The Kier molecular flexibility index (Phi) is 5.33. The highest BCUT2D eigenvalue weighted by atomic mass is 35.5. The third kappa shape index (κ3) is 4.01. The van der Waals surface area contributed by atoms with E-state index in [0.29, 0.717) is 39.4 Å². The van der Waals surface area contributed by atoms with Crippen molar-refractivity contribution in [3.8, 4) is 17.0 Å². The molecule has 0 atom stereocenters. The molecule has 0 unspecified atom stereocenters. The van der Waals surface area contributed by atoms with Crippen molar-refractivity contribution in [2.75, 3.05) is 23.4 Å². The van der Waals surface area contributed by atoms with Crippen molar-refractivity contribution in [2.45, 2.75) is 0 Å². The van der Waals surface area contributed by atoms with E-state index in [0.717, 1.165) is 5.56 Å². The predicted octanol–water partition coefficient (Wildman–Crippen LogP) is 4.63. The van der Waals surface area contributed by atoms with E-state index < -0.39 is 0 Å². The van der Waals surface area contributed by atoms with E-state index in [9.17, 15) is 9.59 Å². The second-order valence-electron chi connectivity index (χ2n) is 6.26. The van der Waals surface area contributed by atoms with Crippen LogP contribution in [0.5, 0.6) is 5.75 Å². The Morgan fingerprint density at radius 3 is 2.86 bits per heavy atom. The van der Waals surface area contributed by atoms with Crippen LogP contribution in [0, 0.1) is 0 Å². The average Bonchev–Trinajstić information content (AvgIpc) is 3.19. The van der Waals surface area contributed by atoms with E-state index in [2.05, 4.69) is 16.9 Å². The zero-order valence-corrected chi connectivity index (χ0v) is 16.8. The summed E-state index contributed by atoms with van der Waals surface area (Å²) in [6.45, 7) is 4.12. The molecule has 1 aliphatic rings. The van der Waals surface area contributed by atoms with E-state index in [4.69, 9.17) is 16.3 Å². The van der Waals surface area contributed by atoms with Gasteiger partial charge in [-0.2, -0.15) is 0 Å². The molecule has 146 valence electrons. The van der Waals surface area contributed by atoms with Gasteiger partial charge in [-0.05, 0) is 42.5 Å². The van der Waals surface area contributed by atoms with Crippen molar-refractivity contribution in [3.63, 3.8) is 0 Å². The number of aromatic nitrogens is 1. The number of nitrogens with zero attached hydrogens (tertiary/aromatic N) is 2. The van der Waals surface area contributed by atoms with Crippen LogP contribution in [-0.2, 0) is 4.79 Å². The molecule has 2 amide bonds. The van der Waals surface area contributed by atoms with Crippen LogP contribution < -0.4 is 15.0 Å². The standard InChI is InChI=1S/C21H16ClN3O3S/c1-2-9-25-17-10-14(5-8-18(17)28-11-19(25)26)16-12-29-21(23-16)24-20(27)13-3-6-15(22)7-4-13/h2-8,10,12H,1,9,11H2,(H,23,24,27). The van der Waals surface area contributed by atoms with Crippen LogP contribution in [0.15, 0.2) is 60.5 Å². The molecule has 3 aromatic rings. The SMILES string of the molecule is C=CCN1C(=O)COc2ccc(-c3csc(NC(=O)c4ccc(Cl)cc4)n3)cc21. The number of nitrogens with one attached hydrogen (secondary N) is 1. The van der Waals surface area contributed by atoms with Gasteiger partial charge >= 0.3 is 0 Å². The molecule has 4 rings (SSSR count). The number of carbonyl (C=O) groups excluding carboxylic acids is 2. The topological polar surface area (TPSA) is 71.5 Å². The molecular weight excluding hydrogens is 410 g/mol. The third-order valence-corrected chi connectivity index (χ3v) is 5.35. The number of benzene rings is 2. The summed E-state index contributed by atoms with van der Waals surface area (Å²) in [7, 11) is 0. The van der Waals surface area contributed by atoms with Crippen molar-refractivity contribution in [3.05, 3.63) is 71.1 Å². The quantitative estimate of drug-likeness (QED) is 0.605. The molecule has 0 aliphatic carbocycles. The fourth-order valence-electron chi connectivity index (χ4n) is 2.93. The molecule has 0 fully saturated rings. The molecule has 1 aromatic heterocycles. The summed E-state index contributed by atoms with van der Waals surface area (Å²) >= 11 is 7.18. The highest BCUT2D eigenvalue weighted by Gasteiger charge is 2.25. The lowest BCUT2D eigenvalue weighted by Gasteiger charge is -2.28. The first-order chi connectivity index (χ1) is 14.0. The number of thiazole rings is 1. The van der Waals surface area contributed by atoms with Crippen LogP contribution in [0.25, 0.3) is 11.3 Å². The summed E-state index contributed by atoms with van der Waals surface area (Å²) < 4.78 is 5.51. The smallest absolute Gasteiger partial charge is 0.265 e. The molecule has 0 radical (unpaired) electrons. The van der Waals surface area contributed by atoms with Gasteiger partial charge in [-0.15, -0.1) is 17.9 Å². The Labute approximate surface area is 176 Å². The molecule has 1 aliphatic heterocycles. The van der Waals surface area contributed by atoms with Gasteiger partial charge in [0.1, 0.15) is 5.75 Å². The molecule has 8 heteroatoms. The van der Waals surface area contributed by atoms with Crippen molar-refractivity contribution in [2.24, 2.45) is 0 Å². The van der Waals surface area contributed by atoms with Gasteiger partial charge in [-0.3, -0.25) is 14.9 Å². The van der Waals surface area contributed by atoms with Crippen LogP contribution in [0.1, 0.15) is 10.4 Å². The lowest BCUT2D eigenvalue weighted by Crippen LogP contribution is -2.38. The van der Waals surface area contributed by atoms with Gasteiger partial charge in [0.2, 0.25) is 0 Å². The summed E-state index contributed by atoms with van der Waals surface area (Å²) in [6, 6.07) is 12.2. The normalized spacial score (nSPS) is 12.9. The van der Waals surface area contributed by atoms with E-state index >= 15 is 0 Å². The number of amides is 2. The molecule has 0 spiro atoms. The first-order valence-electron chi connectivity index (χ1n) is 8.76. The maximum atomic E-state index is 12.4. The molecular formula is C21H16ClN3O3S. The third-order valence-electron chi connectivity index (χ3n) is 4.34. The Hall–Kier alpha value is -3.16. The predicted molar refractivity (Wildman–Crippen MR) is 115 cm³/mol. The van der Waals surface area contributed by atoms with Crippen LogP contribution >= 0.6 is 22.9 Å². The second kappa shape index (κ2) is 8.06. The van der Waals surface area contributed by atoms with Crippen LogP contribution in [-0.4, -0.2) is 29.9 Å². The maximum Gasteiger partial charge on any atom is 0.265 e. The van der Waals surface area contributed by atoms with Crippen molar-refractivity contribution in [1.29, 1.82) is 0 Å². The van der Waals surface area contributed by atoms with Gasteiger partial charge in [-0.1, -0.05) is 17.7 Å². The molecule has 29 heavy (non-hydrogen) atoms. The number of hydrogen-bond donors (Lipinski definition) is 1. The molecule has 1 N–H and O–H groups in total. The van der Waals surface area contributed by atoms with Gasteiger partial charge < -0.3 is 9.64 Å². The van der Waals surface area contributed by atoms with E-state index in [-0.39, 0.29) is 18.4 Å². The van der Waals surface area contributed by atoms with Gasteiger partial charge in [0.25, 0.3) is 11.8 Å². The summed E-state index contributed by atoms with van der Waals surface area (Å²) in [4.78, 5) is 30.6. The summed E-state index contributed by atoms with van der Waals surface area (Å²) in [6.07, 6.45) is 1.67. The second-order valence-corrected chi connectivity index (χ2v) is 7.56. The fraction of sp³-hybridized carbons (Fsp3) is 0.0952. The van der Waals surface area contributed by atoms with Gasteiger partial charge in [0, 0.05) is 28.1 Å². The molecule has 0 saturated carbocycles. The molecule has 6 nitrogen and oxygen atoms in total. The van der Waals surface area contributed by atoms with Crippen LogP contribution in [0.2, 0.25) is 5.02 Å². The maximum absolute atomic E-state index is 12.4. The lowest BCUT2D eigenvalue weighted by molar-refractivity contribution is -0.121. The van der Waals surface area contributed by atoms with E-state index in [1.54, 1.807) is 35.2 Å². The Balaban J connectivity index is 1.56. The fourth-order valence-corrected chi connectivity index (χ4v) is 3.77. The number of carbonyl (C=O) groups is 2. The van der Waals surface area contributed by atoms with E-state index in [1.165, 1.54) is 11.3 Å². The Morgan fingerprint density at radius 1 is 1.31 bits per heavy atom.